The lowest BCUT2D eigenvalue weighted by atomic mass is 9.98. The van der Waals surface area contributed by atoms with Crippen LogP contribution in [0.4, 0.5) is 4.39 Å². The molecule has 1 saturated heterocycles. The number of carbonyl (C=O) groups is 1. The summed E-state index contributed by atoms with van der Waals surface area (Å²) in [7, 11) is 0. The Morgan fingerprint density at radius 2 is 2.00 bits per heavy atom. The maximum Gasteiger partial charge on any atom is 0.245 e. The lowest BCUT2D eigenvalue weighted by Crippen LogP contribution is -2.44. The van der Waals surface area contributed by atoms with Gasteiger partial charge < -0.3 is 4.90 Å². The van der Waals surface area contributed by atoms with Crippen molar-refractivity contribution in [1.29, 1.82) is 0 Å². The Hall–Kier alpha value is -3.09. The summed E-state index contributed by atoms with van der Waals surface area (Å²) in [5.41, 5.74) is 4.75. The zero-order valence-corrected chi connectivity index (χ0v) is 16.5. The van der Waals surface area contributed by atoms with Gasteiger partial charge in [-0.1, -0.05) is 0 Å². The Bertz CT molecular complexity index is 1090. The molecule has 0 spiro atoms. The molecule has 4 heterocycles. The van der Waals surface area contributed by atoms with Crippen LogP contribution in [0, 0.1) is 19.7 Å². The van der Waals surface area contributed by atoms with Crippen molar-refractivity contribution < 1.29 is 9.18 Å². The van der Waals surface area contributed by atoms with Gasteiger partial charge in [0.15, 0.2) is 5.82 Å². The molecule has 0 N–H and O–H groups in total. The number of amides is 1. The normalized spacial score (nSPS) is 20.0. The van der Waals surface area contributed by atoms with Crippen LogP contribution < -0.4 is 0 Å². The van der Waals surface area contributed by atoms with Crippen molar-refractivity contribution in [2.45, 2.75) is 51.7 Å². The topological polar surface area (TPSA) is 63.9 Å². The van der Waals surface area contributed by atoms with E-state index in [4.69, 9.17) is 4.98 Å². The van der Waals surface area contributed by atoms with E-state index in [1.54, 1.807) is 16.8 Å². The van der Waals surface area contributed by atoms with Crippen LogP contribution in [0.3, 0.4) is 0 Å². The Kier molecular flexibility index (Phi) is 4.19. The lowest BCUT2D eigenvalue weighted by Gasteiger charge is -2.35. The van der Waals surface area contributed by atoms with Crippen LogP contribution in [-0.4, -0.2) is 36.6 Å². The molecule has 2 aliphatic rings. The van der Waals surface area contributed by atoms with Crippen LogP contribution in [0.5, 0.6) is 0 Å². The predicted octanol–water partition coefficient (Wildman–Crippen LogP) is 3.38. The SMILES string of the molecule is Cc1cc(C)n(CC(=O)N2[C@H]3CC[C@@H]2c2cnc(-c4ccc(F)cc4)nc2C3)n1. The highest BCUT2D eigenvalue weighted by Gasteiger charge is 2.43. The second-order valence-corrected chi connectivity index (χ2v) is 7.94. The average molecular weight is 391 g/mol. The van der Waals surface area contributed by atoms with Crippen LogP contribution >= 0.6 is 0 Å². The van der Waals surface area contributed by atoms with E-state index in [0.717, 1.165) is 47.5 Å². The van der Waals surface area contributed by atoms with Crippen LogP contribution in [0.1, 0.15) is 41.5 Å². The second kappa shape index (κ2) is 6.76. The maximum atomic E-state index is 13.2. The fourth-order valence-electron chi connectivity index (χ4n) is 4.64. The minimum Gasteiger partial charge on any atom is -0.331 e. The third-order valence-corrected chi connectivity index (χ3v) is 5.97. The van der Waals surface area contributed by atoms with Gasteiger partial charge in [-0.25, -0.2) is 14.4 Å². The standard InChI is InChI=1S/C22H22FN5O/c1-13-9-14(2)27(26-13)12-21(29)28-17-7-8-20(28)18-11-24-22(25-19(18)10-17)15-3-5-16(23)6-4-15/h3-6,9,11,17,20H,7-8,10,12H2,1-2H3/t17-,20+/m0/s1. The third-order valence-electron chi connectivity index (χ3n) is 5.97. The molecule has 1 fully saturated rings. The summed E-state index contributed by atoms with van der Waals surface area (Å²) in [5, 5.41) is 4.43. The van der Waals surface area contributed by atoms with Crippen molar-refractivity contribution in [2.75, 3.05) is 0 Å². The van der Waals surface area contributed by atoms with E-state index < -0.39 is 0 Å². The number of nitrogens with zero attached hydrogens (tertiary/aromatic N) is 5. The van der Waals surface area contributed by atoms with Gasteiger partial charge in [-0.2, -0.15) is 5.10 Å². The molecule has 6 nitrogen and oxygen atoms in total. The predicted molar refractivity (Wildman–Crippen MR) is 105 cm³/mol. The smallest absolute Gasteiger partial charge is 0.245 e. The molecule has 0 radical (unpaired) electrons. The molecular weight excluding hydrogens is 369 g/mol. The maximum absolute atomic E-state index is 13.2. The summed E-state index contributed by atoms with van der Waals surface area (Å²) in [5.74, 6) is 0.420. The molecule has 2 bridgehead atoms. The van der Waals surface area contributed by atoms with Gasteiger partial charge >= 0.3 is 0 Å². The molecular formula is C22H22FN5O. The van der Waals surface area contributed by atoms with Crippen LogP contribution in [0.15, 0.2) is 36.5 Å². The van der Waals surface area contributed by atoms with Gasteiger partial charge in [0.2, 0.25) is 5.91 Å². The highest BCUT2D eigenvalue weighted by Crippen LogP contribution is 2.43. The van der Waals surface area contributed by atoms with E-state index >= 15 is 0 Å². The minimum atomic E-state index is -0.276. The summed E-state index contributed by atoms with van der Waals surface area (Å²) in [6.07, 6.45) is 4.47. The zero-order valence-electron chi connectivity index (χ0n) is 16.5. The highest BCUT2D eigenvalue weighted by atomic mass is 19.1. The van der Waals surface area contributed by atoms with Gasteiger partial charge in [-0.15, -0.1) is 0 Å². The Balaban J connectivity index is 1.42. The van der Waals surface area contributed by atoms with E-state index in [-0.39, 0.29) is 30.4 Å². The number of aromatic nitrogens is 4. The van der Waals surface area contributed by atoms with E-state index in [0.29, 0.717) is 5.82 Å². The quantitative estimate of drug-likeness (QED) is 0.687. The highest BCUT2D eigenvalue weighted by molar-refractivity contribution is 5.78. The lowest BCUT2D eigenvalue weighted by molar-refractivity contribution is -0.135. The summed E-state index contributed by atoms with van der Waals surface area (Å²) in [6.45, 7) is 4.17. The number of benzene rings is 1. The molecule has 0 aliphatic carbocycles. The summed E-state index contributed by atoms with van der Waals surface area (Å²) in [4.78, 5) is 24.4. The fraction of sp³-hybridized carbons (Fsp3) is 0.364. The largest absolute Gasteiger partial charge is 0.331 e. The van der Waals surface area contributed by atoms with E-state index in [2.05, 4.69) is 10.1 Å². The zero-order chi connectivity index (χ0) is 20.1. The summed E-state index contributed by atoms with van der Waals surface area (Å²) < 4.78 is 15.0. The Morgan fingerprint density at radius 3 is 2.72 bits per heavy atom. The monoisotopic (exact) mass is 391 g/mol. The van der Waals surface area contributed by atoms with Crippen molar-refractivity contribution >= 4 is 5.91 Å². The van der Waals surface area contributed by atoms with Crippen LogP contribution in [0.25, 0.3) is 11.4 Å². The van der Waals surface area contributed by atoms with Gasteiger partial charge in [-0.3, -0.25) is 9.48 Å². The molecule has 2 atom stereocenters. The number of hydrogen-bond acceptors (Lipinski definition) is 4. The summed E-state index contributed by atoms with van der Waals surface area (Å²) >= 11 is 0. The molecule has 148 valence electrons. The van der Waals surface area contributed by atoms with Gasteiger partial charge in [0.05, 0.1) is 17.4 Å². The molecule has 3 aromatic rings. The molecule has 2 aliphatic heterocycles. The summed E-state index contributed by atoms with van der Waals surface area (Å²) in [6, 6.07) is 8.39. The number of carbonyl (C=O) groups excluding carboxylic acids is 1. The molecule has 7 heteroatoms. The molecule has 2 aromatic heterocycles. The Labute approximate surface area is 168 Å². The first-order valence-corrected chi connectivity index (χ1v) is 9.93. The van der Waals surface area contributed by atoms with Crippen molar-refractivity contribution in [3.63, 3.8) is 0 Å². The molecule has 29 heavy (non-hydrogen) atoms. The van der Waals surface area contributed by atoms with E-state index in [9.17, 15) is 9.18 Å². The first kappa shape index (κ1) is 18.0. The van der Waals surface area contributed by atoms with Gasteiger partial charge in [0, 0.05) is 35.5 Å². The third kappa shape index (κ3) is 3.10. The van der Waals surface area contributed by atoms with Gasteiger partial charge in [0.25, 0.3) is 0 Å². The number of halogens is 1. The van der Waals surface area contributed by atoms with E-state index in [1.165, 1.54) is 12.1 Å². The molecule has 0 saturated carbocycles. The van der Waals surface area contributed by atoms with Crippen molar-refractivity contribution in [2.24, 2.45) is 0 Å². The first-order chi connectivity index (χ1) is 14.0. The first-order valence-electron chi connectivity index (χ1n) is 9.93. The number of rotatable bonds is 3. The molecule has 1 aromatic carbocycles. The molecule has 1 amide bonds. The molecule has 0 unspecified atom stereocenters. The van der Waals surface area contributed by atoms with Crippen LogP contribution in [-0.2, 0) is 17.8 Å². The van der Waals surface area contributed by atoms with Crippen molar-refractivity contribution in [3.8, 4) is 11.4 Å². The number of hydrogen-bond donors (Lipinski definition) is 0. The number of fused-ring (bicyclic) bond motifs is 4. The van der Waals surface area contributed by atoms with E-state index in [1.807, 2.05) is 31.0 Å². The Morgan fingerprint density at radius 1 is 1.21 bits per heavy atom. The van der Waals surface area contributed by atoms with Crippen LogP contribution in [0.2, 0.25) is 0 Å². The van der Waals surface area contributed by atoms with Crippen molar-refractivity contribution in [1.82, 2.24) is 24.6 Å². The molecule has 5 rings (SSSR count). The minimum absolute atomic E-state index is 0.0236. The van der Waals surface area contributed by atoms with Crippen molar-refractivity contribution in [3.05, 3.63) is 65.0 Å². The van der Waals surface area contributed by atoms with Gasteiger partial charge in [0.1, 0.15) is 12.4 Å². The second-order valence-electron chi connectivity index (χ2n) is 7.94. The average Bonchev–Trinajstić information content (AvgIpc) is 3.19. The fourth-order valence-corrected chi connectivity index (χ4v) is 4.64. The van der Waals surface area contributed by atoms with Gasteiger partial charge in [-0.05, 0) is 57.0 Å². The number of aryl methyl sites for hydroxylation is 2.